The molecule has 2 fully saturated rings. The summed E-state index contributed by atoms with van der Waals surface area (Å²) in [6, 6.07) is 18.1. The third kappa shape index (κ3) is 9.61. The van der Waals surface area contributed by atoms with E-state index in [1.165, 1.54) is 4.90 Å². The second-order valence-corrected chi connectivity index (χ2v) is 8.12. The summed E-state index contributed by atoms with van der Waals surface area (Å²) in [6.07, 6.45) is -3.85. The smallest absolute Gasteiger partial charge is 0.399 e. The molecule has 2 aliphatic rings. The van der Waals surface area contributed by atoms with E-state index in [0.29, 0.717) is 18.9 Å². The molecule has 1 amide bonds. The molecule has 2 saturated heterocycles. The number of aromatic nitrogens is 2. The van der Waals surface area contributed by atoms with Crippen LogP contribution >= 0.6 is 0 Å². The molecule has 9 nitrogen and oxygen atoms in total. The number of carbonyl (C=O) groups excluding carboxylic acids is 1. The molecule has 0 saturated carbocycles. The number of ether oxygens (including phenoxy) is 2. The number of nitrogens with one attached hydrogen (secondary N) is 2. The number of rotatable bonds is 3. The van der Waals surface area contributed by atoms with Gasteiger partial charge in [-0.05, 0) is 24.3 Å². The zero-order valence-corrected chi connectivity index (χ0v) is 20.8. The Morgan fingerprint density at radius 3 is 1.97 bits per heavy atom. The van der Waals surface area contributed by atoms with Gasteiger partial charge in [-0.15, -0.1) is 0 Å². The number of hydrogen-bond acceptors (Lipinski definition) is 8. The quantitative estimate of drug-likeness (QED) is 0.439. The first kappa shape index (κ1) is 28.8. The maximum atomic E-state index is 13.4. The molecule has 0 spiro atoms. The molecule has 0 bridgehead atoms. The standard InChI is InChI=1S/C16H15F3N4O2.C6H7N.C4H9NO/c17-16(18,19)13-12(14(24)23-6-8-25-9-7-23)10-20-15(22-13)21-11-4-2-1-3-5-11;7-6-4-2-1-3-5-6;1-3-6-4-2-5-1/h1-5,10H,6-9H2,(H,20,21,22);1-5H,7H2;5H,1-4H2. The molecule has 5 rings (SSSR count). The van der Waals surface area contributed by atoms with E-state index >= 15 is 0 Å². The Bertz CT molecular complexity index is 1100. The van der Waals surface area contributed by atoms with E-state index in [-0.39, 0.29) is 19.0 Å². The van der Waals surface area contributed by atoms with E-state index in [0.717, 1.165) is 38.2 Å². The first-order chi connectivity index (χ1) is 18.3. The zero-order chi connectivity index (χ0) is 27.2. The minimum atomic E-state index is -4.77. The lowest BCUT2D eigenvalue weighted by atomic mass is 10.2. The summed E-state index contributed by atoms with van der Waals surface area (Å²) in [4.78, 5) is 21.1. The summed E-state index contributed by atoms with van der Waals surface area (Å²) >= 11 is 0. The molecule has 12 heteroatoms. The number of halogens is 3. The summed E-state index contributed by atoms with van der Waals surface area (Å²) < 4.78 is 50.3. The highest BCUT2D eigenvalue weighted by molar-refractivity contribution is 5.95. The summed E-state index contributed by atoms with van der Waals surface area (Å²) in [7, 11) is 0. The number of alkyl halides is 3. The predicted molar refractivity (Wildman–Crippen MR) is 138 cm³/mol. The predicted octanol–water partition coefficient (Wildman–Crippen LogP) is 3.59. The van der Waals surface area contributed by atoms with Crippen LogP contribution in [0, 0.1) is 0 Å². The van der Waals surface area contributed by atoms with Gasteiger partial charge in [0.05, 0.1) is 32.0 Å². The first-order valence-corrected chi connectivity index (χ1v) is 12.1. The molecule has 0 aliphatic carbocycles. The number of anilines is 3. The van der Waals surface area contributed by atoms with Gasteiger partial charge in [0.2, 0.25) is 5.95 Å². The summed E-state index contributed by atoms with van der Waals surface area (Å²) in [5.41, 5.74) is 4.91. The van der Waals surface area contributed by atoms with Gasteiger partial charge in [0.15, 0.2) is 5.69 Å². The molecule has 2 aromatic carbocycles. The van der Waals surface area contributed by atoms with E-state index in [9.17, 15) is 18.0 Å². The Labute approximate surface area is 219 Å². The van der Waals surface area contributed by atoms with Crippen molar-refractivity contribution in [1.82, 2.24) is 20.2 Å². The van der Waals surface area contributed by atoms with Gasteiger partial charge >= 0.3 is 6.18 Å². The van der Waals surface area contributed by atoms with Gasteiger partial charge in [-0.2, -0.15) is 13.2 Å². The maximum Gasteiger partial charge on any atom is 0.434 e. The van der Waals surface area contributed by atoms with E-state index in [1.54, 1.807) is 30.3 Å². The fourth-order valence-electron chi connectivity index (χ4n) is 3.37. The summed E-state index contributed by atoms with van der Waals surface area (Å²) in [5, 5.41) is 5.85. The fourth-order valence-corrected chi connectivity index (χ4v) is 3.37. The van der Waals surface area contributed by atoms with Crippen LogP contribution < -0.4 is 16.4 Å². The number of benzene rings is 2. The number of nitrogen functional groups attached to an aromatic ring is 1. The molecule has 2 aliphatic heterocycles. The number of nitrogens with two attached hydrogens (primary N) is 1. The van der Waals surface area contributed by atoms with Gasteiger partial charge in [0.25, 0.3) is 5.91 Å². The van der Waals surface area contributed by atoms with Crippen molar-refractivity contribution in [2.45, 2.75) is 6.18 Å². The highest BCUT2D eigenvalue weighted by Crippen LogP contribution is 2.32. The van der Waals surface area contributed by atoms with Crippen LogP contribution in [0.1, 0.15) is 16.1 Å². The van der Waals surface area contributed by atoms with E-state index in [2.05, 4.69) is 20.6 Å². The second-order valence-electron chi connectivity index (χ2n) is 8.12. The monoisotopic (exact) mass is 532 g/mol. The molecular formula is C26H31F3N6O3. The normalized spacial score (nSPS) is 15.3. The number of hydrogen-bond donors (Lipinski definition) is 3. The van der Waals surface area contributed by atoms with Gasteiger partial charge in [-0.25, -0.2) is 9.97 Å². The Morgan fingerprint density at radius 1 is 0.921 bits per heavy atom. The number of carbonyl (C=O) groups is 1. The van der Waals surface area contributed by atoms with Crippen LogP contribution in [0.4, 0.5) is 30.5 Å². The third-order valence-corrected chi connectivity index (χ3v) is 5.26. The lowest BCUT2D eigenvalue weighted by Crippen LogP contribution is -2.41. The van der Waals surface area contributed by atoms with E-state index in [1.807, 2.05) is 30.3 Å². The van der Waals surface area contributed by atoms with Crippen molar-refractivity contribution in [3.8, 4) is 0 Å². The van der Waals surface area contributed by atoms with Gasteiger partial charge in [-0.3, -0.25) is 4.79 Å². The molecule has 38 heavy (non-hydrogen) atoms. The summed E-state index contributed by atoms with van der Waals surface area (Å²) in [5.74, 6) is -0.973. The third-order valence-electron chi connectivity index (χ3n) is 5.26. The molecule has 3 aromatic rings. The molecule has 3 heterocycles. The van der Waals surface area contributed by atoms with Crippen molar-refractivity contribution in [2.75, 3.05) is 63.7 Å². The SMILES string of the molecule is C1COCCN1.Nc1ccccc1.O=C(c1cnc(Nc2ccccc2)nc1C(F)(F)F)N1CCOCC1. The molecular weight excluding hydrogens is 501 g/mol. The van der Waals surface area contributed by atoms with Crippen LogP contribution in [0.15, 0.2) is 66.9 Å². The van der Waals surface area contributed by atoms with Gasteiger partial charge in [0.1, 0.15) is 0 Å². The molecule has 1 aromatic heterocycles. The molecule has 0 atom stereocenters. The van der Waals surface area contributed by atoms with E-state index < -0.39 is 23.3 Å². The van der Waals surface area contributed by atoms with E-state index in [4.69, 9.17) is 15.2 Å². The Morgan fingerprint density at radius 2 is 1.50 bits per heavy atom. The lowest BCUT2D eigenvalue weighted by Gasteiger charge is -2.27. The Balaban J connectivity index is 0.000000249. The highest BCUT2D eigenvalue weighted by Gasteiger charge is 2.39. The minimum Gasteiger partial charge on any atom is -0.399 e. The Hall–Kier alpha value is -3.74. The van der Waals surface area contributed by atoms with Gasteiger partial charge < -0.3 is 30.7 Å². The van der Waals surface area contributed by atoms with Gasteiger partial charge in [-0.1, -0.05) is 36.4 Å². The minimum absolute atomic E-state index is 0.225. The molecule has 0 radical (unpaired) electrons. The number of morpholine rings is 2. The average molecular weight is 533 g/mol. The fraction of sp³-hybridized carbons (Fsp3) is 0.346. The van der Waals surface area contributed by atoms with Crippen molar-refractivity contribution in [3.05, 3.63) is 78.1 Å². The number of amides is 1. The van der Waals surface area contributed by atoms with Crippen LogP contribution in [0.25, 0.3) is 0 Å². The van der Waals surface area contributed by atoms with Crippen molar-refractivity contribution in [3.63, 3.8) is 0 Å². The van der Waals surface area contributed by atoms with Crippen LogP contribution in [0.2, 0.25) is 0 Å². The van der Waals surface area contributed by atoms with Crippen LogP contribution in [0.3, 0.4) is 0 Å². The highest BCUT2D eigenvalue weighted by atomic mass is 19.4. The van der Waals surface area contributed by atoms with Crippen molar-refractivity contribution < 1.29 is 27.4 Å². The van der Waals surface area contributed by atoms with Crippen molar-refractivity contribution in [1.29, 1.82) is 0 Å². The van der Waals surface area contributed by atoms with Crippen molar-refractivity contribution >= 4 is 23.2 Å². The molecule has 204 valence electrons. The largest absolute Gasteiger partial charge is 0.434 e. The molecule has 0 unspecified atom stereocenters. The lowest BCUT2D eigenvalue weighted by molar-refractivity contribution is -0.141. The molecule has 4 N–H and O–H groups in total. The van der Waals surface area contributed by atoms with Crippen LogP contribution in [-0.2, 0) is 15.7 Å². The second kappa shape index (κ2) is 14.9. The maximum absolute atomic E-state index is 13.4. The number of nitrogens with zero attached hydrogens (tertiary/aromatic N) is 3. The van der Waals surface area contributed by atoms with Crippen LogP contribution in [-0.4, -0.2) is 73.4 Å². The first-order valence-electron chi connectivity index (χ1n) is 12.1. The summed E-state index contributed by atoms with van der Waals surface area (Å²) in [6.45, 7) is 4.89. The van der Waals surface area contributed by atoms with Crippen molar-refractivity contribution in [2.24, 2.45) is 0 Å². The number of para-hydroxylation sites is 2. The van der Waals surface area contributed by atoms with Crippen LogP contribution in [0.5, 0.6) is 0 Å². The zero-order valence-electron chi connectivity index (χ0n) is 20.8. The Kier molecular flexibility index (Phi) is 11.3. The average Bonchev–Trinajstić information content (AvgIpc) is 2.95. The van der Waals surface area contributed by atoms with Gasteiger partial charge in [0, 0.05) is 43.8 Å². The topological polar surface area (TPSA) is 115 Å².